The van der Waals surface area contributed by atoms with E-state index >= 15 is 0 Å². The first kappa shape index (κ1) is 13.9. The molecule has 1 aliphatic heterocycles. The maximum atomic E-state index is 12.7. The van der Waals surface area contributed by atoms with Gasteiger partial charge in [-0.05, 0) is 26.5 Å². The number of rotatable bonds is 4. The summed E-state index contributed by atoms with van der Waals surface area (Å²) in [7, 11) is 3.85. The molecular formula is C15H20N4O2. The molecule has 0 N–H and O–H groups in total. The summed E-state index contributed by atoms with van der Waals surface area (Å²) in [6.45, 7) is 3.38. The molecule has 1 amide bonds. The van der Waals surface area contributed by atoms with E-state index in [4.69, 9.17) is 4.42 Å². The Balaban J connectivity index is 1.72. The highest BCUT2D eigenvalue weighted by Gasteiger charge is 2.36. The van der Waals surface area contributed by atoms with Gasteiger partial charge in [0.05, 0.1) is 24.3 Å². The van der Waals surface area contributed by atoms with E-state index in [0.29, 0.717) is 6.54 Å². The van der Waals surface area contributed by atoms with Crippen LogP contribution in [0.3, 0.4) is 0 Å². The van der Waals surface area contributed by atoms with Crippen LogP contribution in [-0.4, -0.2) is 40.2 Å². The number of aromatic nitrogens is 2. The summed E-state index contributed by atoms with van der Waals surface area (Å²) >= 11 is 0. The van der Waals surface area contributed by atoms with Crippen molar-refractivity contribution >= 4 is 11.7 Å². The first-order valence-corrected chi connectivity index (χ1v) is 7.09. The molecular weight excluding hydrogens is 268 g/mol. The molecule has 112 valence electrons. The fourth-order valence-electron chi connectivity index (χ4n) is 2.93. The van der Waals surface area contributed by atoms with E-state index in [-0.39, 0.29) is 11.9 Å². The van der Waals surface area contributed by atoms with E-state index in [0.717, 1.165) is 30.0 Å². The Labute approximate surface area is 123 Å². The van der Waals surface area contributed by atoms with Gasteiger partial charge >= 0.3 is 0 Å². The van der Waals surface area contributed by atoms with Gasteiger partial charge in [-0.15, -0.1) is 0 Å². The topological polar surface area (TPSA) is 54.5 Å². The van der Waals surface area contributed by atoms with Crippen molar-refractivity contribution in [2.45, 2.75) is 25.9 Å². The molecule has 0 saturated carbocycles. The normalized spacial score (nSPS) is 19.0. The number of hydrogen-bond acceptors (Lipinski definition) is 4. The van der Waals surface area contributed by atoms with Crippen LogP contribution in [0.5, 0.6) is 0 Å². The van der Waals surface area contributed by atoms with E-state index in [1.54, 1.807) is 17.2 Å². The van der Waals surface area contributed by atoms with Crippen molar-refractivity contribution < 1.29 is 9.21 Å². The summed E-state index contributed by atoms with van der Waals surface area (Å²) in [5.74, 6) is 1.01. The molecule has 2 aromatic rings. The Kier molecular flexibility index (Phi) is 3.55. The summed E-state index contributed by atoms with van der Waals surface area (Å²) < 4.78 is 6.85. The molecule has 3 rings (SSSR count). The van der Waals surface area contributed by atoms with E-state index < -0.39 is 0 Å². The molecule has 1 atom stereocenters. The molecule has 0 aromatic carbocycles. The average molecular weight is 288 g/mol. The highest BCUT2D eigenvalue weighted by Crippen LogP contribution is 2.25. The molecule has 6 nitrogen and oxygen atoms in total. The Hall–Kier alpha value is -2.08. The zero-order valence-electron chi connectivity index (χ0n) is 12.6. The minimum Gasteiger partial charge on any atom is -0.472 e. The van der Waals surface area contributed by atoms with Crippen molar-refractivity contribution in [2.75, 3.05) is 18.5 Å². The van der Waals surface area contributed by atoms with Gasteiger partial charge in [0.1, 0.15) is 5.82 Å². The number of carbonyl (C=O) groups excluding carboxylic acids is 1. The molecule has 6 heteroatoms. The number of likely N-dealkylation sites (N-methyl/N-ethyl adjacent to an activating group) is 1. The van der Waals surface area contributed by atoms with Gasteiger partial charge in [-0.25, -0.2) is 0 Å². The van der Waals surface area contributed by atoms with Gasteiger partial charge in [0.15, 0.2) is 0 Å². The van der Waals surface area contributed by atoms with Crippen molar-refractivity contribution in [3.63, 3.8) is 0 Å². The van der Waals surface area contributed by atoms with Crippen LogP contribution in [0.4, 0.5) is 5.82 Å². The number of aryl methyl sites for hydroxylation is 2. The maximum absolute atomic E-state index is 12.7. The SMILES string of the molecule is Cc1cc(N2CCC(N(C)Cc3ccoc3)C2=O)n(C)n1. The van der Waals surface area contributed by atoms with Crippen molar-refractivity contribution in [1.29, 1.82) is 0 Å². The summed E-state index contributed by atoms with van der Waals surface area (Å²) in [6, 6.07) is 3.80. The van der Waals surface area contributed by atoms with Crippen molar-refractivity contribution in [3.05, 3.63) is 35.9 Å². The van der Waals surface area contributed by atoms with Gasteiger partial charge < -0.3 is 4.42 Å². The third-order valence-electron chi connectivity index (χ3n) is 3.98. The number of furan rings is 1. The monoisotopic (exact) mass is 288 g/mol. The molecule has 1 unspecified atom stereocenters. The van der Waals surface area contributed by atoms with Crippen molar-refractivity contribution in [2.24, 2.45) is 7.05 Å². The second-order valence-electron chi connectivity index (χ2n) is 5.61. The number of hydrogen-bond donors (Lipinski definition) is 0. The van der Waals surface area contributed by atoms with Gasteiger partial charge in [-0.1, -0.05) is 0 Å². The fraction of sp³-hybridized carbons (Fsp3) is 0.467. The van der Waals surface area contributed by atoms with Crippen LogP contribution in [0.15, 0.2) is 29.1 Å². The third-order valence-corrected chi connectivity index (χ3v) is 3.98. The Morgan fingerprint density at radius 3 is 2.95 bits per heavy atom. The van der Waals surface area contributed by atoms with Gasteiger partial charge in [-0.2, -0.15) is 5.10 Å². The Bertz CT molecular complexity index is 632. The first-order chi connectivity index (χ1) is 10.1. The summed E-state index contributed by atoms with van der Waals surface area (Å²) in [4.78, 5) is 16.6. The van der Waals surface area contributed by atoms with Crippen molar-refractivity contribution in [1.82, 2.24) is 14.7 Å². The van der Waals surface area contributed by atoms with Crippen LogP contribution in [0, 0.1) is 6.92 Å². The lowest BCUT2D eigenvalue weighted by Gasteiger charge is -2.23. The number of nitrogens with zero attached hydrogens (tertiary/aromatic N) is 4. The van der Waals surface area contributed by atoms with E-state index in [9.17, 15) is 4.79 Å². The number of amides is 1. The molecule has 21 heavy (non-hydrogen) atoms. The zero-order valence-corrected chi connectivity index (χ0v) is 12.6. The standard InChI is InChI=1S/C15H20N4O2/c1-11-8-14(18(3)16-11)19-6-4-13(15(19)20)17(2)9-12-5-7-21-10-12/h5,7-8,10,13H,4,6,9H2,1-3H3. The maximum Gasteiger partial charge on any atom is 0.245 e. The second-order valence-corrected chi connectivity index (χ2v) is 5.61. The van der Waals surface area contributed by atoms with E-state index in [1.165, 1.54) is 0 Å². The van der Waals surface area contributed by atoms with Crippen LogP contribution in [0.2, 0.25) is 0 Å². The largest absolute Gasteiger partial charge is 0.472 e. The molecule has 0 bridgehead atoms. The predicted molar refractivity (Wildman–Crippen MR) is 78.9 cm³/mol. The molecule has 3 heterocycles. The summed E-state index contributed by atoms with van der Waals surface area (Å²) in [5, 5.41) is 4.32. The quantitative estimate of drug-likeness (QED) is 0.856. The zero-order chi connectivity index (χ0) is 15.0. The predicted octanol–water partition coefficient (Wildman–Crippen LogP) is 1.56. The summed E-state index contributed by atoms with van der Waals surface area (Å²) in [5.41, 5.74) is 2.01. The number of anilines is 1. The van der Waals surface area contributed by atoms with Crippen LogP contribution in [-0.2, 0) is 18.4 Å². The van der Waals surface area contributed by atoms with Crippen LogP contribution in [0.1, 0.15) is 17.7 Å². The molecule has 1 fully saturated rings. The van der Waals surface area contributed by atoms with E-state index in [1.807, 2.05) is 38.1 Å². The molecule has 0 radical (unpaired) electrons. The molecule has 1 saturated heterocycles. The Morgan fingerprint density at radius 2 is 2.33 bits per heavy atom. The van der Waals surface area contributed by atoms with Crippen LogP contribution >= 0.6 is 0 Å². The highest BCUT2D eigenvalue weighted by molar-refractivity contribution is 5.98. The van der Waals surface area contributed by atoms with Crippen molar-refractivity contribution in [3.8, 4) is 0 Å². The number of carbonyl (C=O) groups is 1. The molecule has 1 aliphatic rings. The molecule has 0 spiro atoms. The lowest BCUT2D eigenvalue weighted by molar-refractivity contribution is -0.121. The smallest absolute Gasteiger partial charge is 0.245 e. The van der Waals surface area contributed by atoms with E-state index in [2.05, 4.69) is 10.00 Å². The fourth-order valence-corrected chi connectivity index (χ4v) is 2.93. The van der Waals surface area contributed by atoms with Crippen LogP contribution < -0.4 is 4.90 Å². The molecule has 2 aromatic heterocycles. The van der Waals surface area contributed by atoms with Gasteiger partial charge in [0.25, 0.3) is 0 Å². The summed E-state index contributed by atoms with van der Waals surface area (Å²) in [6.07, 6.45) is 4.21. The molecule has 0 aliphatic carbocycles. The third kappa shape index (κ3) is 2.58. The van der Waals surface area contributed by atoms with Gasteiger partial charge in [-0.3, -0.25) is 19.3 Å². The lowest BCUT2D eigenvalue weighted by atomic mass is 10.2. The van der Waals surface area contributed by atoms with Crippen LogP contribution in [0.25, 0.3) is 0 Å². The van der Waals surface area contributed by atoms with Gasteiger partial charge in [0.2, 0.25) is 5.91 Å². The minimum absolute atomic E-state index is 0.0879. The average Bonchev–Trinajstić information content (AvgIpc) is 3.11. The lowest BCUT2D eigenvalue weighted by Crippen LogP contribution is -2.39. The Morgan fingerprint density at radius 1 is 1.52 bits per heavy atom. The minimum atomic E-state index is -0.0879. The first-order valence-electron chi connectivity index (χ1n) is 7.09. The van der Waals surface area contributed by atoms with Gasteiger partial charge in [0, 0.05) is 31.8 Å². The highest BCUT2D eigenvalue weighted by atomic mass is 16.3. The second kappa shape index (κ2) is 5.37.